The van der Waals surface area contributed by atoms with Gasteiger partial charge in [-0.25, -0.2) is 0 Å². The molecule has 0 aromatic rings. The van der Waals surface area contributed by atoms with Crippen LogP contribution in [0.25, 0.3) is 0 Å². The fourth-order valence-electron chi connectivity index (χ4n) is 1.31. The van der Waals surface area contributed by atoms with E-state index in [-0.39, 0.29) is 11.2 Å². The molecular formula is C11H24N2O2S. The van der Waals surface area contributed by atoms with Gasteiger partial charge in [-0.3, -0.25) is 9.00 Å². The van der Waals surface area contributed by atoms with Crippen molar-refractivity contribution in [2.45, 2.75) is 44.9 Å². The third-order valence-corrected chi connectivity index (χ3v) is 3.85. The molecule has 16 heavy (non-hydrogen) atoms. The Labute approximate surface area is 101 Å². The van der Waals surface area contributed by atoms with Crippen LogP contribution in [-0.4, -0.2) is 34.2 Å². The van der Waals surface area contributed by atoms with Gasteiger partial charge in [-0.15, -0.1) is 0 Å². The van der Waals surface area contributed by atoms with Crippen LogP contribution in [0.5, 0.6) is 0 Å². The van der Waals surface area contributed by atoms with Crippen LogP contribution in [0.3, 0.4) is 0 Å². The molecule has 0 fully saturated rings. The average Bonchev–Trinajstić information content (AvgIpc) is 2.15. The first-order chi connectivity index (χ1) is 7.34. The Morgan fingerprint density at radius 3 is 2.38 bits per heavy atom. The lowest BCUT2D eigenvalue weighted by atomic mass is 10.0. The summed E-state index contributed by atoms with van der Waals surface area (Å²) in [5.41, 5.74) is 5.72. The number of hydrogen-bond donors (Lipinski definition) is 2. The Bertz CT molecular complexity index is 244. The van der Waals surface area contributed by atoms with Crippen LogP contribution in [0, 0.1) is 5.92 Å². The quantitative estimate of drug-likeness (QED) is 0.694. The molecule has 0 saturated carbocycles. The zero-order chi connectivity index (χ0) is 12.7. The predicted octanol–water partition coefficient (Wildman–Crippen LogP) is 0.633. The van der Waals surface area contributed by atoms with Gasteiger partial charge >= 0.3 is 0 Å². The number of rotatable bonds is 7. The average molecular weight is 248 g/mol. The van der Waals surface area contributed by atoms with Gasteiger partial charge in [-0.2, -0.15) is 0 Å². The maximum absolute atomic E-state index is 11.5. The Morgan fingerprint density at radius 2 is 1.94 bits per heavy atom. The number of nitrogens with two attached hydrogens (primary N) is 1. The molecule has 4 nitrogen and oxygen atoms in total. The molecule has 5 heteroatoms. The minimum absolute atomic E-state index is 0.109. The number of nitrogens with one attached hydrogen (secondary N) is 1. The van der Waals surface area contributed by atoms with Crippen LogP contribution in [0.15, 0.2) is 0 Å². The van der Waals surface area contributed by atoms with Crippen molar-refractivity contribution < 1.29 is 9.00 Å². The summed E-state index contributed by atoms with van der Waals surface area (Å²) < 4.78 is 11.1. The van der Waals surface area contributed by atoms with Gasteiger partial charge in [0.05, 0.1) is 6.04 Å². The molecule has 0 rings (SSSR count). The second-order valence-electron chi connectivity index (χ2n) is 4.62. The lowest BCUT2D eigenvalue weighted by molar-refractivity contribution is -0.122. The van der Waals surface area contributed by atoms with Gasteiger partial charge in [0.2, 0.25) is 5.91 Å². The van der Waals surface area contributed by atoms with Crippen molar-refractivity contribution in [3.8, 4) is 0 Å². The monoisotopic (exact) mass is 248 g/mol. The topological polar surface area (TPSA) is 72.2 Å². The predicted molar refractivity (Wildman–Crippen MR) is 68.6 cm³/mol. The molecular weight excluding hydrogens is 224 g/mol. The van der Waals surface area contributed by atoms with E-state index in [0.717, 1.165) is 6.42 Å². The van der Waals surface area contributed by atoms with Crippen molar-refractivity contribution in [3.63, 3.8) is 0 Å². The van der Waals surface area contributed by atoms with Gasteiger partial charge in [-0.05, 0) is 18.8 Å². The molecule has 0 aromatic heterocycles. The first kappa shape index (κ1) is 15.6. The summed E-state index contributed by atoms with van der Waals surface area (Å²) in [4.78, 5) is 11.5. The van der Waals surface area contributed by atoms with E-state index in [2.05, 4.69) is 5.32 Å². The molecule has 0 heterocycles. The highest BCUT2D eigenvalue weighted by molar-refractivity contribution is 7.84. The van der Waals surface area contributed by atoms with E-state index in [1.54, 1.807) is 6.26 Å². The van der Waals surface area contributed by atoms with Crippen molar-refractivity contribution in [1.82, 2.24) is 5.32 Å². The summed E-state index contributed by atoms with van der Waals surface area (Å²) in [5.74, 6) is 0.311. The third kappa shape index (κ3) is 6.95. The zero-order valence-corrected chi connectivity index (χ0v) is 11.5. The minimum atomic E-state index is -0.827. The molecule has 3 N–H and O–H groups in total. The lowest BCUT2D eigenvalue weighted by Gasteiger charge is -2.15. The first-order valence-corrected chi connectivity index (χ1v) is 7.32. The van der Waals surface area contributed by atoms with Crippen molar-refractivity contribution >= 4 is 16.7 Å². The number of carbonyl (C=O) groups is 1. The molecule has 0 radical (unpaired) electrons. The number of carbonyl (C=O) groups excluding carboxylic acids is 1. The summed E-state index contributed by atoms with van der Waals surface area (Å²) in [6.07, 6.45) is 3.10. The lowest BCUT2D eigenvalue weighted by Crippen LogP contribution is -2.42. The molecule has 0 saturated heterocycles. The molecule has 2 unspecified atom stereocenters. The summed E-state index contributed by atoms with van der Waals surface area (Å²) in [6.45, 7) is 6.53. The van der Waals surface area contributed by atoms with Crippen LogP contribution in [0.4, 0.5) is 0 Å². The maximum atomic E-state index is 11.5. The molecule has 1 amide bonds. The summed E-state index contributed by atoms with van der Waals surface area (Å²) in [5, 5.41) is 2.89. The highest BCUT2D eigenvalue weighted by atomic mass is 32.2. The molecule has 0 bridgehead atoms. The maximum Gasteiger partial charge on any atom is 0.236 e. The SMILES string of the molecule is CC(C)C[C@H](N)C(=O)NCCC(C)S(C)=O. The Hall–Kier alpha value is -0.420. The van der Waals surface area contributed by atoms with E-state index < -0.39 is 16.8 Å². The normalized spacial score (nSPS) is 16.9. The van der Waals surface area contributed by atoms with Crippen LogP contribution in [0.2, 0.25) is 0 Å². The van der Waals surface area contributed by atoms with Crippen molar-refractivity contribution in [2.24, 2.45) is 11.7 Å². The number of amides is 1. The molecule has 96 valence electrons. The van der Waals surface area contributed by atoms with E-state index >= 15 is 0 Å². The summed E-state index contributed by atoms with van der Waals surface area (Å²) in [7, 11) is -0.827. The summed E-state index contributed by atoms with van der Waals surface area (Å²) in [6, 6.07) is -0.428. The molecule has 3 atom stereocenters. The fourth-order valence-corrected chi connectivity index (χ4v) is 1.76. The fraction of sp³-hybridized carbons (Fsp3) is 0.909. The molecule has 0 aliphatic rings. The standard InChI is InChI=1S/C11H24N2O2S/c1-8(2)7-10(12)11(14)13-6-5-9(3)16(4)15/h8-10H,5-7,12H2,1-4H3,(H,13,14)/t9?,10-,16?/m0/s1. The van der Waals surface area contributed by atoms with Gasteiger partial charge in [-0.1, -0.05) is 20.8 Å². The second-order valence-corrected chi connectivity index (χ2v) is 6.43. The van der Waals surface area contributed by atoms with Crippen molar-refractivity contribution in [1.29, 1.82) is 0 Å². The van der Waals surface area contributed by atoms with Gasteiger partial charge in [0.15, 0.2) is 0 Å². The van der Waals surface area contributed by atoms with E-state index in [4.69, 9.17) is 5.73 Å². The molecule has 0 aliphatic heterocycles. The van der Waals surface area contributed by atoms with Crippen LogP contribution >= 0.6 is 0 Å². The van der Waals surface area contributed by atoms with Gasteiger partial charge < -0.3 is 11.1 Å². The van der Waals surface area contributed by atoms with E-state index in [1.807, 2.05) is 20.8 Å². The van der Waals surface area contributed by atoms with Gasteiger partial charge in [0.1, 0.15) is 0 Å². The Morgan fingerprint density at radius 1 is 1.38 bits per heavy atom. The highest BCUT2D eigenvalue weighted by Crippen LogP contribution is 2.03. The van der Waals surface area contributed by atoms with E-state index in [0.29, 0.717) is 18.9 Å². The van der Waals surface area contributed by atoms with E-state index in [9.17, 15) is 9.00 Å². The zero-order valence-electron chi connectivity index (χ0n) is 10.7. The smallest absolute Gasteiger partial charge is 0.236 e. The third-order valence-electron chi connectivity index (χ3n) is 2.48. The molecule has 0 aliphatic carbocycles. The Balaban J connectivity index is 3.77. The highest BCUT2D eigenvalue weighted by Gasteiger charge is 2.14. The first-order valence-electron chi connectivity index (χ1n) is 5.70. The van der Waals surface area contributed by atoms with Crippen LogP contribution in [0.1, 0.15) is 33.6 Å². The second kappa shape index (κ2) is 7.79. The summed E-state index contributed by atoms with van der Waals surface area (Å²) >= 11 is 0. The minimum Gasteiger partial charge on any atom is -0.355 e. The van der Waals surface area contributed by atoms with Crippen LogP contribution in [-0.2, 0) is 15.6 Å². The largest absolute Gasteiger partial charge is 0.355 e. The Kier molecular flexibility index (Phi) is 7.58. The van der Waals surface area contributed by atoms with Gasteiger partial charge in [0, 0.05) is 28.9 Å². The van der Waals surface area contributed by atoms with Crippen LogP contribution < -0.4 is 11.1 Å². The van der Waals surface area contributed by atoms with Crippen molar-refractivity contribution in [2.75, 3.05) is 12.8 Å². The van der Waals surface area contributed by atoms with E-state index in [1.165, 1.54) is 0 Å². The molecule has 0 aromatic carbocycles. The van der Waals surface area contributed by atoms with Gasteiger partial charge in [0.25, 0.3) is 0 Å². The van der Waals surface area contributed by atoms with Crippen molar-refractivity contribution in [3.05, 3.63) is 0 Å². The number of hydrogen-bond acceptors (Lipinski definition) is 3. The molecule has 0 spiro atoms.